The number of rotatable bonds is 7. The molecule has 0 heterocycles. The van der Waals surface area contributed by atoms with Gasteiger partial charge in [0, 0.05) is 12.6 Å². The molecule has 5 nitrogen and oxygen atoms in total. The highest BCUT2D eigenvalue weighted by atomic mass is 16.4. The molecule has 0 radical (unpaired) electrons. The van der Waals surface area contributed by atoms with E-state index in [1.54, 1.807) is 4.90 Å². The first-order valence-corrected chi connectivity index (χ1v) is 4.33. The maximum Gasteiger partial charge on any atom is 0.317 e. The molecule has 0 aliphatic rings. The Hall–Kier alpha value is -0.650. The van der Waals surface area contributed by atoms with Crippen LogP contribution in [0.15, 0.2) is 0 Å². The number of nitrogens with zero attached hydrogens (tertiary/aromatic N) is 1. The van der Waals surface area contributed by atoms with Gasteiger partial charge in [-0.25, -0.2) is 0 Å². The molecule has 0 fully saturated rings. The fourth-order valence-corrected chi connectivity index (χ4v) is 1.20. The summed E-state index contributed by atoms with van der Waals surface area (Å²) >= 11 is 0. The van der Waals surface area contributed by atoms with Crippen molar-refractivity contribution in [3.05, 3.63) is 0 Å². The molecule has 13 heavy (non-hydrogen) atoms. The highest BCUT2D eigenvalue weighted by Gasteiger charge is 2.17. The van der Waals surface area contributed by atoms with E-state index in [1.807, 2.05) is 6.92 Å². The molecule has 5 heteroatoms. The number of aliphatic hydroxyl groups is 2. The van der Waals surface area contributed by atoms with Gasteiger partial charge in [0.1, 0.15) is 0 Å². The second-order valence-corrected chi connectivity index (χ2v) is 2.83. The van der Waals surface area contributed by atoms with E-state index in [0.717, 1.165) is 0 Å². The molecule has 0 saturated carbocycles. The lowest BCUT2D eigenvalue weighted by atomic mass is 10.2. The minimum Gasteiger partial charge on any atom is -0.480 e. The summed E-state index contributed by atoms with van der Waals surface area (Å²) in [5, 5.41) is 26.1. The molecule has 0 aliphatic heterocycles. The van der Waals surface area contributed by atoms with Gasteiger partial charge in [-0.1, -0.05) is 6.92 Å². The van der Waals surface area contributed by atoms with Crippen LogP contribution in [0.5, 0.6) is 0 Å². The van der Waals surface area contributed by atoms with Gasteiger partial charge in [-0.3, -0.25) is 9.69 Å². The zero-order valence-corrected chi connectivity index (χ0v) is 7.81. The van der Waals surface area contributed by atoms with E-state index >= 15 is 0 Å². The first kappa shape index (κ1) is 12.3. The Morgan fingerprint density at radius 3 is 2.38 bits per heavy atom. The maximum absolute atomic E-state index is 10.4. The molecule has 3 N–H and O–H groups in total. The van der Waals surface area contributed by atoms with Crippen molar-refractivity contribution in [2.75, 3.05) is 26.3 Å². The van der Waals surface area contributed by atoms with Crippen LogP contribution in [0.1, 0.15) is 13.3 Å². The molecule has 0 bridgehead atoms. The molecule has 0 aliphatic carbocycles. The Morgan fingerprint density at radius 1 is 1.46 bits per heavy atom. The Morgan fingerprint density at radius 2 is 2.08 bits per heavy atom. The number of hydrogen-bond acceptors (Lipinski definition) is 4. The predicted molar refractivity (Wildman–Crippen MR) is 47.5 cm³/mol. The number of carboxylic acids is 1. The Balaban J connectivity index is 4.11. The standard InChI is InChI=1S/C8H17NO4/c1-2-7(6-11)9(3-4-10)5-8(12)13/h7,10-11H,2-6H2,1H3,(H,12,13). The summed E-state index contributed by atoms with van der Waals surface area (Å²) in [5.41, 5.74) is 0. The van der Waals surface area contributed by atoms with Crippen molar-refractivity contribution in [2.45, 2.75) is 19.4 Å². The van der Waals surface area contributed by atoms with Gasteiger partial charge in [-0.2, -0.15) is 0 Å². The van der Waals surface area contributed by atoms with Gasteiger partial charge >= 0.3 is 5.97 Å². The van der Waals surface area contributed by atoms with Crippen LogP contribution in [0.2, 0.25) is 0 Å². The van der Waals surface area contributed by atoms with Gasteiger partial charge < -0.3 is 15.3 Å². The lowest BCUT2D eigenvalue weighted by Crippen LogP contribution is -2.42. The van der Waals surface area contributed by atoms with Gasteiger partial charge in [0.2, 0.25) is 0 Å². The van der Waals surface area contributed by atoms with Gasteiger partial charge in [-0.15, -0.1) is 0 Å². The Labute approximate surface area is 77.6 Å². The van der Waals surface area contributed by atoms with Crippen molar-refractivity contribution in [1.82, 2.24) is 4.90 Å². The van der Waals surface area contributed by atoms with E-state index in [1.165, 1.54) is 0 Å². The summed E-state index contributed by atoms with van der Waals surface area (Å²) in [4.78, 5) is 12.0. The Kier molecular flexibility index (Phi) is 6.48. The topological polar surface area (TPSA) is 81.0 Å². The highest BCUT2D eigenvalue weighted by molar-refractivity contribution is 5.69. The molecule has 0 aromatic rings. The lowest BCUT2D eigenvalue weighted by Gasteiger charge is -2.27. The highest BCUT2D eigenvalue weighted by Crippen LogP contribution is 2.02. The van der Waals surface area contributed by atoms with Crippen LogP contribution in [-0.2, 0) is 4.79 Å². The summed E-state index contributed by atoms with van der Waals surface area (Å²) < 4.78 is 0. The zero-order chi connectivity index (χ0) is 10.3. The average Bonchev–Trinajstić information content (AvgIpc) is 2.05. The van der Waals surface area contributed by atoms with Gasteiger partial charge in [0.25, 0.3) is 0 Å². The number of aliphatic carboxylic acids is 1. The van der Waals surface area contributed by atoms with Crippen molar-refractivity contribution in [3.8, 4) is 0 Å². The van der Waals surface area contributed by atoms with E-state index < -0.39 is 5.97 Å². The third kappa shape index (κ3) is 4.82. The molecule has 78 valence electrons. The van der Waals surface area contributed by atoms with Crippen LogP contribution in [0.4, 0.5) is 0 Å². The minimum absolute atomic E-state index is 0.0796. The number of carbonyl (C=O) groups is 1. The monoisotopic (exact) mass is 191 g/mol. The van der Waals surface area contributed by atoms with Crippen LogP contribution >= 0.6 is 0 Å². The third-order valence-electron chi connectivity index (χ3n) is 1.92. The molecule has 0 rings (SSSR count). The molecule has 0 saturated heterocycles. The molecule has 1 unspecified atom stereocenters. The number of aliphatic hydroxyl groups excluding tert-OH is 2. The first-order valence-electron chi connectivity index (χ1n) is 4.33. The lowest BCUT2D eigenvalue weighted by molar-refractivity contribution is -0.139. The number of carboxylic acid groups (broad SMARTS) is 1. The van der Waals surface area contributed by atoms with Gasteiger partial charge in [0.15, 0.2) is 0 Å². The van der Waals surface area contributed by atoms with Crippen LogP contribution in [0.3, 0.4) is 0 Å². The smallest absolute Gasteiger partial charge is 0.317 e. The van der Waals surface area contributed by atoms with Crippen molar-refractivity contribution in [1.29, 1.82) is 0 Å². The zero-order valence-electron chi connectivity index (χ0n) is 7.81. The average molecular weight is 191 g/mol. The van der Waals surface area contributed by atoms with E-state index in [-0.39, 0.29) is 32.3 Å². The van der Waals surface area contributed by atoms with E-state index in [0.29, 0.717) is 6.42 Å². The molecule has 0 amide bonds. The second-order valence-electron chi connectivity index (χ2n) is 2.83. The van der Waals surface area contributed by atoms with Crippen LogP contribution in [0.25, 0.3) is 0 Å². The van der Waals surface area contributed by atoms with Crippen molar-refractivity contribution >= 4 is 5.97 Å². The molecular formula is C8H17NO4. The van der Waals surface area contributed by atoms with Crippen molar-refractivity contribution in [3.63, 3.8) is 0 Å². The normalized spacial score (nSPS) is 13.2. The van der Waals surface area contributed by atoms with Crippen molar-refractivity contribution < 1.29 is 20.1 Å². The summed E-state index contributed by atoms with van der Waals surface area (Å²) in [6.07, 6.45) is 0.670. The summed E-state index contributed by atoms with van der Waals surface area (Å²) in [7, 11) is 0. The fraction of sp³-hybridized carbons (Fsp3) is 0.875. The predicted octanol–water partition coefficient (Wildman–Crippen LogP) is -0.864. The van der Waals surface area contributed by atoms with Gasteiger partial charge in [0.05, 0.1) is 19.8 Å². The molecule has 1 atom stereocenters. The van der Waals surface area contributed by atoms with Crippen LogP contribution in [-0.4, -0.2) is 58.5 Å². The summed E-state index contributed by atoms with van der Waals surface area (Å²) in [6, 6.07) is -0.178. The largest absolute Gasteiger partial charge is 0.480 e. The molecule has 0 aromatic heterocycles. The first-order chi connectivity index (χ1) is 6.15. The Bertz CT molecular complexity index is 147. The molecular weight excluding hydrogens is 174 g/mol. The SMILES string of the molecule is CCC(CO)N(CCO)CC(=O)O. The van der Waals surface area contributed by atoms with E-state index in [9.17, 15) is 4.79 Å². The van der Waals surface area contributed by atoms with Gasteiger partial charge in [-0.05, 0) is 6.42 Å². The number of hydrogen-bond donors (Lipinski definition) is 3. The summed E-state index contributed by atoms with van der Waals surface area (Å²) in [5.74, 6) is -0.944. The fourth-order valence-electron chi connectivity index (χ4n) is 1.20. The third-order valence-corrected chi connectivity index (χ3v) is 1.92. The quantitative estimate of drug-likeness (QED) is 0.487. The van der Waals surface area contributed by atoms with Crippen LogP contribution in [0, 0.1) is 0 Å². The minimum atomic E-state index is -0.944. The van der Waals surface area contributed by atoms with Crippen molar-refractivity contribution in [2.24, 2.45) is 0 Å². The molecule has 0 spiro atoms. The summed E-state index contributed by atoms with van der Waals surface area (Å²) in [6.45, 7) is 1.84. The maximum atomic E-state index is 10.4. The second kappa shape index (κ2) is 6.82. The van der Waals surface area contributed by atoms with E-state index in [4.69, 9.17) is 15.3 Å². The van der Waals surface area contributed by atoms with E-state index in [2.05, 4.69) is 0 Å². The van der Waals surface area contributed by atoms with Crippen LogP contribution < -0.4 is 0 Å². The molecule has 0 aromatic carbocycles.